The molecule has 3 N–H and O–H groups in total. The molecule has 11 heteroatoms. The van der Waals surface area contributed by atoms with Crippen molar-refractivity contribution < 1.29 is 27.2 Å². The number of anilines is 1. The fraction of sp³-hybridized carbons (Fsp3) is 0.368. The fourth-order valence-corrected chi connectivity index (χ4v) is 3.49. The number of amides is 1. The van der Waals surface area contributed by atoms with Gasteiger partial charge in [0.2, 0.25) is 0 Å². The summed E-state index contributed by atoms with van der Waals surface area (Å²) >= 11 is 5.67. The number of benzene rings is 1. The lowest BCUT2D eigenvalue weighted by atomic mass is 10.1. The molecule has 2 aromatic rings. The normalized spacial score (nSPS) is 14.6. The number of primary amides is 1. The molecule has 1 amide bonds. The second kappa shape index (κ2) is 10.6. The van der Waals surface area contributed by atoms with Crippen LogP contribution in [0.5, 0.6) is 5.75 Å². The van der Waals surface area contributed by atoms with Gasteiger partial charge in [0.1, 0.15) is 16.5 Å². The number of aromatic nitrogens is 1. The van der Waals surface area contributed by atoms with E-state index in [9.17, 15) is 13.2 Å². The first-order valence-corrected chi connectivity index (χ1v) is 10.8. The molecule has 0 bridgehead atoms. The van der Waals surface area contributed by atoms with Gasteiger partial charge in [-0.25, -0.2) is 4.98 Å². The van der Waals surface area contributed by atoms with Gasteiger partial charge in [-0.15, -0.1) is 0 Å². The minimum atomic E-state index is -4.16. The number of halogens is 1. The highest BCUT2D eigenvalue weighted by atomic mass is 35.5. The highest BCUT2D eigenvalue weighted by Gasteiger charge is 2.20. The number of nitrogens with zero attached hydrogens (tertiary/aromatic N) is 2. The molecule has 30 heavy (non-hydrogen) atoms. The van der Waals surface area contributed by atoms with E-state index in [2.05, 4.69) is 9.88 Å². The maximum Gasteiger partial charge on any atom is 0.296 e. The largest absolute Gasteiger partial charge is 0.496 e. The van der Waals surface area contributed by atoms with Crippen LogP contribution in [0, 0.1) is 0 Å². The summed E-state index contributed by atoms with van der Waals surface area (Å²) in [6.45, 7) is 1.66. The van der Waals surface area contributed by atoms with Gasteiger partial charge in [-0.3, -0.25) is 9.35 Å². The van der Waals surface area contributed by atoms with E-state index in [4.69, 9.17) is 31.4 Å². The Morgan fingerprint density at radius 1 is 1.23 bits per heavy atom. The number of piperidine rings is 1. The quantitative estimate of drug-likeness (QED) is 0.654. The molecule has 1 saturated heterocycles. The van der Waals surface area contributed by atoms with Crippen LogP contribution in [0.1, 0.15) is 23.2 Å². The maximum absolute atomic E-state index is 10.9. The van der Waals surface area contributed by atoms with Crippen LogP contribution in [-0.2, 0) is 14.9 Å². The summed E-state index contributed by atoms with van der Waals surface area (Å²) in [5.41, 5.74) is 5.41. The van der Waals surface area contributed by atoms with Crippen molar-refractivity contribution in [3.05, 3.63) is 47.1 Å². The summed E-state index contributed by atoms with van der Waals surface area (Å²) in [4.78, 5) is 16.7. The number of rotatable bonds is 5. The molecule has 0 radical (unpaired) electrons. The SMILES string of the molecule is COC1CCN(c2ccc(S(=O)(=O)O)cn2)CC1.COc1cc(Cl)ccc1C(N)=O. The summed E-state index contributed by atoms with van der Waals surface area (Å²) in [6, 6.07) is 7.63. The zero-order chi connectivity index (χ0) is 22.3. The first-order valence-electron chi connectivity index (χ1n) is 9.00. The minimum Gasteiger partial charge on any atom is -0.496 e. The minimum absolute atomic E-state index is 0.182. The van der Waals surface area contributed by atoms with Gasteiger partial charge < -0.3 is 20.1 Å². The number of pyridine rings is 1. The molecule has 0 unspecified atom stereocenters. The molecule has 0 atom stereocenters. The predicted octanol–water partition coefficient (Wildman–Crippen LogP) is 2.39. The van der Waals surface area contributed by atoms with E-state index < -0.39 is 16.0 Å². The summed E-state index contributed by atoms with van der Waals surface area (Å²) in [7, 11) is -1.000. The number of methoxy groups -OCH3 is 2. The summed E-state index contributed by atoms with van der Waals surface area (Å²) < 4.78 is 40.8. The average Bonchev–Trinajstić information content (AvgIpc) is 2.73. The zero-order valence-corrected chi connectivity index (χ0v) is 18.2. The van der Waals surface area contributed by atoms with Crippen molar-refractivity contribution in [1.82, 2.24) is 4.98 Å². The van der Waals surface area contributed by atoms with E-state index in [1.54, 1.807) is 25.3 Å². The smallest absolute Gasteiger partial charge is 0.296 e. The molecular weight excluding hydrogens is 434 g/mol. The Morgan fingerprint density at radius 3 is 2.37 bits per heavy atom. The van der Waals surface area contributed by atoms with Gasteiger partial charge in [-0.05, 0) is 43.2 Å². The fourth-order valence-electron chi connectivity index (χ4n) is 2.90. The number of hydrogen-bond acceptors (Lipinski definition) is 7. The summed E-state index contributed by atoms with van der Waals surface area (Å²) in [5.74, 6) is 0.593. The third-order valence-electron chi connectivity index (χ3n) is 4.55. The Kier molecular flexibility index (Phi) is 8.42. The second-order valence-electron chi connectivity index (χ2n) is 6.46. The lowest BCUT2D eigenvalue weighted by molar-refractivity contribution is 0.0818. The molecule has 2 heterocycles. The third-order valence-corrected chi connectivity index (χ3v) is 5.62. The Bertz CT molecular complexity index is 961. The Hall–Kier alpha value is -2.40. The molecule has 1 aromatic heterocycles. The lowest BCUT2D eigenvalue weighted by Crippen LogP contribution is -2.37. The summed E-state index contributed by atoms with van der Waals surface area (Å²) in [5, 5.41) is 0.511. The lowest BCUT2D eigenvalue weighted by Gasteiger charge is -2.32. The van der Waals surface area contributed by atoms with Crippen LogP contribution < -0.4 is 15.4 Å². The Labute approximate surface area is 180 Å². The van der Waals surface area contributed by atoms with Gasteiger partial charge in [0.05, 0.1) is 25.0 Å². The molecular formula is C19H24ClN3O6S. The van der Waals surface area contributed by atoms with E-state index in [1.165, 1.54) is 25.4 Å². The molecule has 0 spiro atoms. The predicted molar refractivity (Wildman–Crippen MR) is 113 cm³/mol. The van der Waals surface area contributed by atoms with Gasteiger partial charge in [-0.1, -0.05) is 11.6 Å². The number of hydrogen-bond donors (Lipinski definition) is 2. The van der Waals surface area contributed by atoms with Gasteiger partial charge in [0, 0.05) is 25.2 Å². The van der Waals surface area contributed by atoms with Crippen LogP contribution in [-0.4, -0.2) is 57.3 Å². The first-order chi connectivity index (χ1) is 14.2. The number of nitrogens with two attached hydrogens (primary N) is 1. The van der Waals surface area contributed by atoms with Gasteiger partial charge in [0.15, 0.2) is 0 Å². The van der Waals surface area contributed by atoms with E-state index in [-0.39, 0.29) is 4.90 Å². The van der Waals surface area contributed by atoms with Crippen LogP contribution in [0.25, 0.3) is 0 Å². The topological polar surface area (TPSA) is 132 Å². The van der Waals surface area contributed by atoms with Crippen molar-refractivity contribution >= 4 is 33.4 Å². The molecule has 1 aliphatic rings. The standard InChI is InChI=1S/C11H16N2O4S.C8H8ClNO2/c1-17-9-4-6-13(7-5-9)11-3-2-10(8-12-11)18(14,15)16;1-12-7-4-5(9)2-3-6(7)8(10)11/h2-3,8-9H,4-7H2,1H3,(H,14,15,16);2-4H,1H3,(H2,10,11). The molecule has 3 rings (SSSR count). The molecule has 1 fully saturated rings. The van der Waals surface area contributed by atoms with E-state index in [0.29, 0.717) is 22.4 Å². The van der Waals surface area contributed by atoms with Crippen LogP contribution in [0.2, 0.25) is 5.02 Å². The van der Waals surface area contributed by atoms with Crippen molar-refractivity contribution in [3.8, 4) is 5.75 Å². The highest BCUT2D eigenvalue weighted by molar-refractivity contribution is 7.85. The number of carbonyl (C=O) groups is 1. The molecule has 1 aliphatic heterocycles. The van der Waals surface area contributed by atoms with Crippen LogP contribution in [0.15, 0.2) is 41.4 Å². The Balaban J connectivity index is 0.000000232. The molecule has 0 saturated carbocycles. The third kappa shape index (κ3) is 6.56. The molecule has 1 aromatic carbocycles. The monoisotopic (exact) mass is 457 g/mol. The van der Waals surface area contributed by atoms with Crippen molar-refractivity contribution in [2.24, 2.45) is 5.73 Å². The highest BCUT2D eigenvalue weighted by Crippen LogP contribution is 2.22. The molecule has 164 valence electrons. The molecule has 9 nitrogen and oxygen atoms in total. The van der Waals surface area contributed by atoms with Gasteiger partial charge in [-0.2, -0.15) is 8.42 Å². The zero-order valence-electron chi connectivity index (χ0n) is 16.6. The van der Waals surface area contributed by atoms with Gasteiger partial charge >= 0.3 is 0 Å². The first kappa shape index (κ1) is 23.9. The van der Waals surface area contributed by atoms with Crippen LogP contribution in [0.4, 0.5) is 5.82 Å². The van der Waals surface area contributed by atoms with Crippen molar-refractivity contribution in [2.75, 3.05) is 32.2 Å². The van der Waals surface area contributed by atoms with Crippen molar-refractivity contribution in [2.45, 2.75) is 23.8 Å². The van der Waals surface area contributed by atoms with Crippen LogP contribution in [0.3, 0.4) is 0 Å². The Morgan fingerprint density at radius 2 is 1.90 bits per heavy atom. The van der Waals surface area contributed by atoms with E-state index >= 15 is 0 Å². The van der Waals surface area contributed by atoms with Crippen LogP contribution >= 0.6 is 11.6 Å². The number of ether oxygens (including phenoxy) is 2. The van der Waals surface area contributed by atoms with Gasteiger partial charge in [0.25, 0.3) is 16.0 Å². The second-order valence-corrected chi connectivity index (χ2v) is 8.32. The average molecular weight is 458 g/mol. The molecule has 0 aliphatic carbocycles. The van der Waals surface area contributed by atoms with E-state index in [0.717, 1.165) is 31.7 Å². The number of carbonyl (C=O) groups excluding carboxylic acids is 1. The summed E-state index contributed by atoms with van der Waals surface area (Å²) in [6.07, 6.45) is 3.32. The van der Waals surface area contributed by atoms with Crippen molar-refractivity contribution in [1.29, 1.82) is 0 Å². The van der Waals surface area contributed by atoms with E-state index in [1.807, 2.05) is 0 Å². The maximum atomic E-state index is 10.9. The van der Waals surface area contributed by atoms with Crippen molar-refractivity contribution in [3.63, 3.8) is 0 Å².